The SMILES string of the molecule is NC(=S)C1(NS(=O)(=O)c2cccc(Br)c2)CCCC1. The molecule has 1 aromatic carbocycles. The van der Waals surface area contributed by atoms with Gasteiger partial charge in [-0.3, -0.25) is 0 Å². The standard InChI is InChI=1S/C12H15BrN2O2S2/c13-9-4-3-5-10(8-9)19(16,17)15-12(11(14)18)6-1-2-7-12/h3-5,8,15H,1-2,6-7H2,(H2,14,18). The molecule has 4 nitrogen and oxygen atoms in total. The molecule has 1 aliphatic rings. The summed E-state index contributed by atoms with van der Waals surface area (Å²) in [6, 6.07) is 6.57. The van der Waals surface area contributed by atoms with Crippen molar-refractivity contribution < 1.29 is 8.42 Å². The first-order valence-electron chi connectivity index (χ1n) is 5.95. The molecule has 0 radical (unpaired) electrons. The largest absolute Gasteiger partial charge is 0.392 e. The van der Waals surface area contributed by atoms with Crippen LogP contribution in [0.2, 0.25) is 0 Å². The van der Waals surface area contributed by atoms with Crippen LogP contribution in [0.4, 0.5) is 0 Å². The van der Waals surface area contributed by atoms with Crippen molar-refractivity contribution in [3.05, 3.63) is 28.7 Å². The van der Waals surface area contributed by atoms with Crippen molar-refractivity contribution >= 4 is 43.2 Å². The Bertz CT molecular complexity index is 596. The molecule has 0 unspecified atom stereocenters. The number of halogens is 1. The minimum absolute atomic E-state index is 0.212. The van der Waals surface area contributed by atoms with Gasteiger partial charge in [-0.1, -0.05) is 47.1 Å². The van der Waals surface area contributed by atoms with Crippen LogP contribution >= 0.6 is 28.1 Å². The molecule has 7 heteroatoms. The quantitative estimate of drug-likeness (QED) is 0.806. The Kier molecular flexibility index (Phi) is 4.29. The minimum Gasteiger partial charge on any atom is -0.392 e. The average molecular weight is 363 g/mol. The molecule has 1 aromatic rings. The minimum atomic E-state index is -3.62. The molecule has 1 aliphatic carbocycles. The molecule has 3 N–H and O–H groups in total. The number of hydrogen-bond donors (Lipinski definition) is 2. The highest BCUT2D eigenvalue weighted by Crippen LogP contribution is 2.32. The van der Waals surface area contributed by atoms with Gasteiger partial charge in [0.25, 0.3) is 0 Å². The summed E-state index contributed by atoms with van der Waals surface area (Å²) in [6.45, 7) is 0. The van der Waals surface area contributed by atoms with Crippen molar-refractivity contribution in [2.75, 3.05) is 0 Å². The number of benzene rings is 1. The number of nitrogens with two attached hydrogens (primary N) is 1. The number of sulfonamides is 1. The van der Waals surface area contributed by atoms with Crippen molar-refractivity contribution in [1.29, 1.82) is 0 Å². The number of hydrogen-bond acceptors (Lipinski definition) is 3. The smallest absolute Gasteiger partial charge is 0.241 e. The highest BCUT2D eigenvalue weighted by atomic mass is 79.9. The van der Waals surface area contributed by atoms with Crippen molar-refractivity contribution in [3.8, 4) is 0 Å². The lowest BCUT2D eigenvalue weighted by atomic mass is 10.00. The summed E-state index contributed by atoms with van der Waals surface area (Å²) in [5.74, 6) is 0. The summed E-state index contributed by atoms with van der Waals surface area (Å²) >= 11 is 8.32. The van der Waals surface area contributed by atoms with Crippen LogP contribution < -0.4 is 10.5 Å². The monoisotopic (exact) mass is 362 g/mol. The molecule has 19 heavy (non-hydrogen) atoms. The molecule has 0 amide bonds. The van der Waals surface area contributed by atoms with Crippen molar-refractivity contribution in [3.63, 3.8) is 0 Å². The van der Waals surface area contributed by atoms with Crippen LogP contribution in [-0.4, -0.2) is 18.9 Å². The normalized spacial score (nSPS) is 18.4. The topological polar surface area (TPSA) is 72.2 Å². The maximum atomic E-state index is 12.4. The van der Waals surface area contributed by atoms with Gasteiger partial charge in [-0.2, -0.15) is 4.72 Å². The first-order valence-corrected chi connectivity index (χ1v) is 8.64. The fourth-order valence-corrected chi connectivity index (χ4v) is 4.68. The molecule has 0 aromatic heterocycles. The van der Waals surface area contributed by atoms with Crippen molar-refractivity contribution in [2.45, 2.75) is 36.1 Å². The van der Waals surface area contributed by atoms with E-state index < -0.39 is 15.6 Å². The Hall–Kier alpha value is -0.500. The van der Waals surface area contributed by atoms with Gasteiger partial charge in [0, 0.05) is 4.47 Å². The molecule has 1 fully saturated rings. The summed E-state index contributed by atoms with van der Waals surface area (Å²) in [5, 5.41) is 0. The lowest BCUT2D eigenvalue weighted by Crippen LogP contribution is -2.54. The zero-order valence-corrected chi connectivity index (χ0v) is 13.4. The second kappa shape index (κ2) is 5.47. The van der Waals surface area contributed by atoms with Crippen LogP contribution in [0, 0.1) is 0 Å². The van der Waals surface area contributed by atoms with Gasteiger partial charge in [-0.15, -0.1) is 0 Å². The van der Waals surface area contributed by atoms with E-state index in [1.54, 1.807) is 24.3 Å². The molecule has 1 saturated carbocycles. The van der Waals surface area contributed by atoms with Gasteiger partial charge in [-0.05, 0) is 31.0 Å². The Labute approximate surface area is 126 Å². The number of rotatable bonds is 4. The molecular weight excluding hydrogens is 348 g/mol. The van der Waals surface area contributed by atoms with Gasteiger partial charge in [0.15, 0.2) is 0 Å². The zero-order valence-electron chi connectivity index (χ0n) is 10.2. The lowest BCUT2D eigenvalue weighted by molar-refractivity contribution is 0.503. The summed E-state index contributed by atoms with van der Waals surface area (Å²) in [5.41, 5.74) is 4.98. The predicted molar refractivity (Wildman–Crippen MR) is 82.4 cm³/mol. The predicted octanol–water partition coefficient (Wildman–Crippen LogP) is 2.33. The van der Waals surface area contributed by atoms with Crippen LogP contribution in [0.15, 0.2) is 33.6 Å². The third-order valence-corrected chi connectivity index (χ3v) is 5.78. The fraction of sp³-hybridized carbons (Fsp3) is 0.417. The zero-order chi connectivity index (χ0) is 14.1. The third kappa shape index (κ3) is 3.16. The summed E-state index contributed by atoms with van der Waals surface area (Å²) in [7, 11) is -3.62. The van der Waals surface area contributed by atoms with E-state index in [0.29, 0.717) is 17.3 Å². The third-order valence-electron chi connectivity index (χ3n) is 3.36. The van der Waals surface area contributed by atoms with Crippen LogP contribution in [0.5, 0.6) is 0 Å². The average Bonchev–Trinajstić information content (AvgIpc) is 2.78. The summed E-state index contributed by atoms with van der Waals surface area (Å²) in [4.78, 5) is 0.438. The van der Waals surface area contributed by atoms with E-state index in [1.807, 2.05) is 0 Å². The number of thiocarbonyl (C=S) groups is 1. The number of nitrogens with one attached hydrogen (secondary N) is 1. The van der Waals surface area contributed by atoms with Crippen molar-refractivity contribution in [1.82, 2.24) is 4.72 Å². The molecule has 0 heterocycles. The van der Waals surface area contributed by atoms with Crippen molar-refractivity contribution in [2.24, 2.45) is 5.73 Å². The lowest BCUT2D eigenvalue weighted by Gasteiger charge is -2.28. The van der Waals surface area contributed by atoms with E-state index in [1.165, 1.54) is 0 Å². The molecule has 2 rings (SSSR count). The molecule has 104 valence electrons. The molecule has 0 bridgehead atoms. The Morgan fingerprint density at radius 2 is 2.00 bits per heavy atom. The molecule has 0 saturated heterocycles. The van der Waals surface area contributed by atoms with E-state index >= 15 is 0 Å². The van der Waals surface area contributed by atoms with Gasteiger partial charge in [0.05, 0.1) is 15.4 Å². The van der Waals surface area contributed by atoms with Gasteiger partial charge in [0.1, 0.15) is 0 Å². The Morgan fingerprint density at radius 1 is 1.37 bits per heavy atom. The molecular formula is C12H15BrN2O2S2. The van der Waals surface area contributed by atoms with Crippen LogP contribution in [0.1, 0.15) is 25.7 Å². The van der Waals surface area contributed by atoms with Crippen LogP contribution in [0.3, 0.4) is 0 Å². The first-order chi connectivity index (χ1) is 8.86. The Balaban J connectivity index is 2.33. The summed E-state index contributed by atoms with van der Waals surface area (Å²) in [6.07, 6.45) is 3.18. The van der Waals surface area contributed by atoms with Crippen LogP contribution in [0.25, 0.3) is 0 Å². The Morgan fingerprint density at radius 3 is 2.53 bits per heavy atom. The van der Waals surface area contributed by atoms with E-state index in [-0.39, 0.29) is 9.88 Å². The fourth-order valence-electron chi connectivity index (χ4n) is 2.33. The maximum Gasteiger partial charge on any atom is 0.241 e. The molecule has 0 spiro atoms. The van der Waals surface area contributed by atoms with Crippen LogP contribution in [-0.2, 0) is 10.0 Å². The van der Waals surface area contributed by atoms with E-state index in [0.717, 1.165) is 12.8 Å². The van der Waals surface area contributed by atoms with E-state index in [4.69, 9.17) is 18.0 Å². The van der Waals surface area contributed by atoms with E-state index in [2.05, 4.69) is 20.7 Å². The highest BCUT2D eigenvalue weighted by molar-refractivity contribution is 9.10. The van der Waals surface area contributed by atoms with Gasteiger partial charge < -0.3 is 5.73 Å². The second-order valence-electron chi connectivity index (χ2n) is 4.72. The first kappa shape index (κ1) is 14.9. The molecule has 0 atom stereocenters. The highest BCUT2D eigenvalue weighted by Gasteiger charge is 2.40. The van der Waals surface area contributed by atoms with Gasteiger partial charge in [-0.25, -0.2) is 8.42 Å². The second-order valence-corrected chi connectivity index (χ2v) is 7.75. The molecule has 0 aliphatic heterocycles. The van der Waals surface area contributed by atoms with Gasteiger partial charge >= 0.3 is 0 Å². The van der Waals surface area contributed by atoms with E-state index in [9.17, 15) is 8.42 Å². The van der Waals surface area contributed by atoms with Gasteiger partial charge in [0.2, 0.25) is 10.0 Å². The maximum absolute atomic E-state index is 12.4. The summed E-state index contributed by atoms with van der Waals surface area (Å²) < 4.78 is 28.2.